The molecule has 0 aromatic carbocycles. The van der Waals surface area contributed by atoms with E-state index in [1.54, 1.807) is 17.5 Å². The summed E-state index contributed by atoms with van der Waals surface area (Å²) in [5.74, 6) is 0.768. The van der Waals surface area contributed by atoms with Crippen LogP contribution >= 0.6 is 11.3 Å². The number of carbonyl (C=O) groups excluding carboxylic acids is 1. The van der Waals surface area contributed by atoms with E-state index in [1.807, 2.05) is 10.3 Å². The molecule has 1 amide bonds. The molecule has 3 heterocycles. The lowest BCUT2D eigenvalue weighted by Crippen LogP contribution is -2.52. The van der Waals surface area contributed by atoms with Gasteiger partial charge in [0.2, 0.25) is 5.91 Å². The van der Waals surface area contributed by atoms with Gasteiger partial charge >= 0.3 is 0 Å². The van der Waals surface area contributed by atoms with Crippen LogP contribution in [0.3, 0.4) is 0 Å². The Morgan fingerprint density at radius 3 is 2.68 bits per heavy atom. The molecule has 0 aliphatic carbocycles. The third-order valence-corrected chi connectivity index (χ3v) is 7.02. The lowest BCUT2D eigenvalue weighted by atomic mass is 10.2. The highest BCUT2D eigenvalue weighted by molar-refractivity contribution is 7.91. The predicted molar refractivity (Wildman–Crippen MR) is 85.6 cm³/mol. The lowest BCUT2D eigenvalue weighted by Gasteiger charge is -2.37. The monoisotopic (exact) mass is 343 g/mol. The second kappa shape index (κ2) is 6.64. The first-order valence-corrected chi connectivity index (χ1v) is 10.3. The van der Waals surface area contributed by atoms with Gasteiger partial charge in [0.15, 0.2) is 9.84 Å². The van der Waals surface area contributed by atoms with Gasteiger partial charge in [-0.3, -0.25) is 9.69 Å². The average molecular weight is 343 g/mol. The minimum Gasteiger partial charge on any atom is -0.340 e. The molecule has 0 N–H and O–H groups in total. The molecule has 0 radical (unpaired) electrons. The molecule has 1 aromatic heterocycles. The largest absolute Gasteiger partial charge is 0.340 e. The number of sulfone groups is 1. The number of aromatic nitrogens is 1. The normalized spacial score (nSPS) is 25.5. The molecular weight excluding hydrogens is 322 g/mol. The second-order valence-electron chi connectivity index (χ2n) is 5.90. The highest BCUT2D eigenvalue weighted by Gasteiger charge is 2.34. The maximum Gasteiger partial charge on any atom is 0.223 e. The second-order valence-corrected chi connectivity index (χ2v) is 9.11. The summed E-state index contributed by atoms with van der Waals surface area (Å²) >= 11 is 1.58. The van der Waals surface area contributed by atoms with Gasteiger partial charge in [0, 0.05) is 56.6 Å². The van der Waals surface area contributed by atoms with Crippen LogP contribution in [0.2, 0.25) is 0 Å². The molecule has 1 atom stereocenters. The summed E-state index contributed by atoms with van der Waals surface area (Å²) in [6.07, 6.45) is 3.71. The van der Waals surface area contributed by atoms with Crippen LogP contribution in [0.15, 0.2) is 11.6 Å². The maximum absolute atomic E-state index is 12.2. The molecule has 2 saturated heterocycles. The summed E-state index contributed by atoms with van der Waals surface area (Å²) < 4.78 is 23.1. The van der Waals surface area contributed by atoms with Gasteiger partial charge in [-0.15, -0.1) is 11.3 Å². The summed E-state index contributed by atoms with van der Waals surface area (Å²) in [5.41, 5.74) is 0. The van der Waals surface area contributed by atoms with Gasteiger partial charge in [-0.1, -0.05) is 0 Å². The Bertz CT molecular complexity index is 607. The van der Waals surface area contributed by atoms with Crippen molar-refractivity contribution in [2.45, 2.75) is 25.3 Å². The lowest BCUT2D eigenvalue weighted by molar-refractivity contribution is -0.133. The van der Waals surface area contributed by atoms with E-state index < -0.39 is 9.84 Å². The zero-order valence-corrected chi connectivity index (χ0v) is 14.1. The van der Waals surface area contributed by atoms with Crippen molar-refractivity contribution in [3.63, 3.8) is 0 Å². The van der Waals surface area contributed by atoms with Gasteiger partial charge < -0.3 is 4.90 Å². The topological polar surface area (TPSA) is 70.6 Å². The fourth-order valence-corrected chi connectivity index (χ4v) is 5.53. The number of rotatable bonds is 4. The highest BCUT2D eigenvalue weighted by atomic mass is 32.2. The van der Waals surface area contributed by atoms with Crippen molar-refractivity contribution >= 4 is 27.1 Å². The summed E-state index contributed by atoms with van der Waals surface area (Å²) in [4.78, 5) is 20.5. The van der Waals surface area contributed by atoms with Crippen LogP contribution in [0.5, 0.6) is 0 Å². The number of hydrogen-bond acceptors (Lipinski definition) is 6. The standard InChI is InChI=1S/C14H21N3O3S2/c18-14(2-1-13-15-4-9-21-13)17-7-5-16(6-8-17)12-3-10-22(19,20)11-12/h4,9,12H,1-3,5-8,10-11H2. The van der Waals surface area contributed by atoms with Crippen molar-refractivity contribution in [1.82, 2.24) is 14.8 Å². The fourth-order valence-electron chi connectivity index (χ4n) is 3.15. The van der Waals surface area contributed by atoms with Crippen molar-refractivity contribution in [1.29, 1.82) is 0 Å². The molecule has 0 spiro atoms. The van der Waals surface area contributed by atoms with Crippen molar-refractivity contribution in [2.24, 2.45) is 0 Å². The Morgan fingerprint density at radius 2 is 2.09 bits per heavy atom. The van der Waals surface area contributed by atoms with Crippen molar-refractivity contribution in [3.05, 3.63) is 16.6 Å². The van der Waals surface area contributed by atoms with Crippen molar-refractivity contribution < 1.29 is 13.2 Å². The van der Waals surface area contributed by atoms with Crippen molar-refractivity contribution in [2.75, 3.05) is 37.7 Å². The third kappa shape index (κ3) is 3.85. The zero-order valence-electron chi connectivity index (χ0n) is 12.5. The Balaban J connectivity index is 1.44. The number of carbonyl (C=O) groups is 1. The number of nitrogens with zero attached hydrogens (tertiary/aromatic N) is 3. The van der Waals surface area contributed by atoms with Crippen LogP contribution in [0, 0.1) is 0 Å². The van der Waals surface area contributed by atoms with Crippen LogP contribution in [0.4, 0.5) is 0 Å². The van der Waals surface area contributed by atoms with E-state index in [9.17, 15) is 13.2 Å². The van der Waals surface area contributed by atoms with Crippen LogP contribution in [-0.4, -0.2) is 72.8 Å². The Kier molecular flexibility index (Phi) is 4.79. The Hall–Kier alpha value is -0.990. The molecular formula is C14H21N3O3S2. The number of hydrogen-bond donors (Lipinski definition) is 0. The summed E-state index contributed by atoms with van der Waals surface area (Å²) in [5, 5.41) is 2.93. The molecule has 122 valence electrons. The van der Waals surface area contributed by atoms with Gasteiger partial charge in [0.05, 0.1) is 16.5 Å². The first-order chi connectivity index (χ1) is 10.5. The molecule has 0 bridgehead atoms. The molecule has 3 rings (SSSR count). The summed E-state index contributed by atoms with van der Waals surface area (Å²) in [6, 6.07) is 0.151. The fraction of sp³-hybridized carbons (Fsp3) is 0.714. The molecule has 1 aromatic rings. The number of aryl methyl sites for hydroxylation is 1. The van der Waals surface area contributed by atoms with Gasteiger partial charge in [-0.25, -0.2) is 13.4 Å². The average Bonchev–Trinajstić information content (AvgIpc) is 3.14. The quantitative estimate of drug-likeness (QED) is 0.792. The summed E-state index contributed by atoms with van der Waals surface area (Å²) in [7, 11) is -2.84. The zero-order chi connectivity index (χ0) is 15.6. The van der Waals surface area contributed by atoms with Crippen molar-refractivity contribution in [3.8, 4) is 0 Å². The van der Waals surface area contributed by atoms with Crippen LogP contribution in [0.1, 0.15) is 17.8 Å². The number of thiazole rings is 1. The number of piperazine rings is 1. The van der Waals surface area contributed by atoms with Crippen LogP contribution in [0.25, 0.3) is 0 Å². The minimum absolute atomic E-state index is 0.151. The van der Waals surface area contributed by atoms with E-state index in [2.05, 4.69) is 9.88 Å². The molecule has 22 heavy (non-hydrogen) atoms. The van der Waals surface area contributed by atoms with Gasteiger partial charge in [0.1, 0.15) is 0 Å². The molecule has 1 unspecified atom stereocenters. The van der Waals surface area contributed by atoms with Gasteiger partial charge in [0.25, 0.3) is 0 Å². The molecule has 2 fully saturated rings. The molecule has 0 saturated carbocycles. The smallest absolute Gasteiger partial charge is 0.223 e. The third-order valence-electron chi connectivity index (χ3n) is 4.43. The maximum atomic E-state index is 12.2. The van der Waals surface area contributed by atoms with Gasteiger partial charge in [-0.05, 0) is 6.42 Å². The highest BCUT2D eigenvalue weighted by Crippen LogP contribution is 2.19. The minimum atomic E-state index is -2.84. The van der Waals surface area contributed by atoms with Crippen LogP contribution < -0.4 is 0 Å². The molecule has 2 aliphatic heterocycles. The van der Waals surface area contributed by atoms with Gasteiger partial charge in [-0.2, -0.15) is 0 Å². The first kappa shape index (κ1) is 15.9. The number of amides is 1. The van der Waals surface area contributed by atoms with E-state index in [-0.39, 0.29) is 17.7 Å². The SMILES string of the molecule is O=C(CCc1nccs1)N1CCN(C2CCS(=O)(=O)C2)CC1. The first-order valence-electron chi connectivity index (χ1n) is 7.64. The molecule has 6 nitrogen and oxygen atoms in total. The Labute approximate surface area is 135 Å². The molecule has 8 heteroatoms. The van der Waals surface area contributed by atoms with E-state index in [0.717, 1.165) is 24.5 Å². The van der Waals surface area contributed by atoms with E-state index in [4.69, 9.17) is 0 Å². The molecule has 2 aliphatic rings. The Morgan fingerprint density at radius 1 is 1.32 bits per heavy atom. The van der Waals surface area contributed by atoms with Crippen LogP contribution in [-0.2, 0) is 21.1 Å². The van der Waals surface area contributed by atoms with E-state index in [0.29, 0.717) is 31.7 Å². The van der Waals surface area contributed by atoms with E-state index in [1.165, 1.54) is 0 Å². The predicted octanol–water partition coefficient (Wildman–Crippen LogP) is 0.407. The summed E-state index contributed by atoms with van der Waals surface area (Å²) in [6.45, 7) is 2.97. The van der Waals surface area contributed by atoms with E-state index >= 15 is 0 Å².